The van der Waals surface area contributed by atoms with E-state index in [1.165, 1.54) is 11.0 Å². The number of nitrogens with zero attached hydrogens (tertiary/aromatic N) is 4. The third-order valence-corrected chi connectivity index (χ3v) is 6.35. The van der Waals surface area contributed by atoms with Gasteiger partial charge in [0.15, 0.2) is 5.82 Å². The highest BCUT2D eigenvalue weighted by atomic mass is 79.9. The Kier molecular flexibility index (Phi) is 4.61. The first-order valence-corrected chi connectivity index (χ1v) is 9.15. The highest BCUT2D eigenvalue weighted by molar-refractivity contribution is 9.10. The van der Waals surface area contributed by atoms with Gasteiger partial charge in [0.2, 0.25) is 21.9 Å². The van der Waals surface area contributed by atoms with Gasteiger partial charge in [-0.15, -0.1) is 0 Å². The van der Waals surface area contributed by atoms with Crippen molar-refractivity contribution in [1.82, 2.24) is 14.3 Å². The summed E-state index contributed by atoms with van der Waals surface area (Å²) in [6.45, 7) is -0.144. The van der Waals surface area contributed by atoms with Crippen LogP contribution in [-0.2, 0) is 14.8 Å². The third-order valence-electron chi connectivity index (χ3n) is 3.49. The highest BCUT2D eigenvalue weighted by Gasteiger charge is 2.35. The SMILES string of the molecule is O=C1CN(S(=O)(=O)c2ccccc2Br)CCN1c1ncc(F)cn1. The molecule has 0 bridgehead atoms. The van der Waals surface area contributed by atoms with Crippen molar-refractivity contribution in [2.45, 2.75) is 4.90 Å². The van der Waals surface area contributed by atoms with Crippen LogP contribution >= 0.6 is 15.9 Å². The number of rotatable bonds is 3. The number of hydrogen-bond donors (Lipinski definition) is 0. The van der Waals surface area contributed by atoms with E-state index >= 15 is 0 Å². The standard InChI is InChI=1S/C14H12BrFN4O3S/c15-11-3-1-2-4-12(11)24(22,23)19-5-6-20(13(21)9-19)14-17-7-10(16)8-18-14/h1-4,7-8H,5-6,9H2. The lowest BCUT2D eigenvalue weighted by atomic mass is 10.4. The van der Waals surface area contributed by atoms with Gasteiger partial charge in [0, 0.05) is 17.6 Å². The van der Waals surface area contributed by atoms with Crippen LogP contribution < -0.4 is 4.90 Å². The Morgan fingerprint density at radius 2 is 1.79 bits per heavy atom. The second-order valence-corrected chi connectivity index (χ2v) is 7.78. The molecule has 0 unspecified atom stereocenters. The number of carbonyl (C=O) groups is 1. The minimum atomic E-state index is -3.80. The van der Waals surface area contributed by atoms with Gasteiger partial charge in [-0.3, -0.25) is 9.69 Å². The third kappa shape index (κ3) is 3.17. The van der Waals surface area contributed by atoms with Crippen molar-refractivity contribution < 1.29 is 17.6 Å². The van der Waals surface area contributed by atoms with Crippen molar-refractivity contribution in [1.29, 1.82) is 0 Å². The van der Waals surface area contributed by atoms with E-state index in [9.17, 15) is 17.6 Å². The Morgan fingerprint density at radius 3 is 2.42 bits per heavy atom. The molecule has 1 aromatic carbocycles. The van der Waals surface area contributed by atoms with E-state index in [2.05, 4.69) is 25.9 Å². The summed E-state index contributed by atoms with van der Waals surface area (Å²) in [5.74, 6) is -1.02. The second kappa shape index (κ2) is 6.54. The number of hydrogen-bond acceptors (Lipinski definition) is 5. The van der Waals surface area contributed by atoms with E-state index in [-0.39, 0.29) is 30.5 Å². The lowest BCUT2D eigenvalue weighted by molar-refractivity contribution is -0.120. The molecule has 1 aliphatic rings. The molecule has 0 saturated carbocycles. The van der Waals surface area contributed by atoms with E-state index < -0.39 is 21.7 Å². The normalized spacial score (nSPS) is 16.4. The maximum atomic E-state index is 12.9. The summed E-state index contributed by atoms with van der Waals surface area (Å²) in [5.41, 5.74) is 0. The van der Waals surface area contributed by atoms with Gasteiger partial charge in [-0.1, -0.05) is 12.1 Å². The van der Waals surface area contributed by atoms with Crippen LogP contribution in [0.5, 0.6) is 0 Å². The molecule has 0 spiro atoms. The lowest BCUT2D eigenvalue weighted by Gasteiger charge is -2.32. The molecule has 1 amide bonds. The summed E-state index contributed by atoms with van der Waals surface area (Å²) in [6.07, 6.45) is 1.92. The zero-order valence-corrected chi connectivity index (χ0v) is 14.7. The van der Waals surface area contributed by atoms with Crippen molar-refractivity contribution in [3.63, 3.8) is 0 Å². The van der Waals surface area contributed by atoms with Gasteiger partial charge in [0.25, 0.3) is 0 Å². The van der Waals surface area contributed by atoms with E-state index in [0.717, 1.165) is 16.7 Å². The first kappa shape index (κ1) is 16.9. The number of piperazine rings is 1. The second-order valence-electron chi connectivity index (χ2n) is 5.02. The maximum absolute atomic E-state index is 12.9. The molecule has 126 valence electrons. The number of anilines is 1. The predicted octanol–water partition coefficient (Wildman–Crippen LogP) is 1.42. The molecule has 2 heterocycles. The Morgan fingerprint density at radius 1 is 1.12 bits per heavy atom. The molecule has 0 N–H and O–H groups in total. The van der Waals surface area contributed by atoms with Crippen molar-refractivity contribution in [3.05, 3.63) is 46.9 Å². The number of sulfonamides is 1. The number of carbonyl (C=O) groups excluding carboxylic acids is 1. The van der Waals surface area contributed by atoms with E-state index in [1.54, 1.807) is 18.2 Å². The van der Waals surface area contributed by atoms with Gasteiger partial charge in [-0.2, -0.15) is 4.31 Å². The fourth-order valence-corrected chi connectivity index (χ4v) is 4.65. The zero-order chi connectivity index (χ0) is 17.3. The Labute approximate surface area is 146 Å². The van der Waals surface area contributed by atoms with Crippen LogP contribution in [0.25, 0.3) is 0 Å². The van der Waals surface area contributed by atoms with E-state index in [0.29, 0.717) is 4.47 Å². The quantitative estimate of drug-likeness (QED) is 0.757. The molecule has 0 aliphatic carbocycles. The van der Waals surface area contributed by atoms with Crippen molar-refractivity contribution >= 4 is 37.8 Å². The van der Waals surface area contributed by atoms with Gasteiger partial charge in [-0.05, 0) is 28.1 Å². The zero-order valence-electron chi connectivity index (χ0n) is 12.3. The van der Waals surface area contributed by atoms with Crippen molar-refractivity contribution in [3.8, 4) is 0 Å². The Hall–Kier alpha value is -1.91. The summed E-state index contributed by atoms with van der Waals surface area (Å²) >= 11 is 3.21. The minimum Gasteiger partial charge on any atom is -0.278 e. The summed E-state index contributed by atoms with van der Waals surface area (Å²) < 4.78 is 39.8. The van der Waals surface area contributed by atoms with Crippen LogP contribution in [0.15, 0.2) is 46.0 Å². The van der Waals surface area contributed by atoms with Crippen LogP contribution in [0.1, 0.15) is 0 Å². The maximum Gasteiger partial charge on any atom is 0.244 e. The Bertz CT molecular complexity index is 876. The molecular weight excluding hydrogens is 403 g/mol. The smallest absolute Gasteiger partial charge is 0.244 e. The van der Waals surface area contributed by atoms with Crippen molar-refractivity contribution in [2.24, 2.45) is 0 Å². The van der Waals surface area contributed by atoms with Gasteiger partial charge >= 0.3 is 0 Å². The Balaban J connectivity index is 1.82. The fraction of sp³-hybridized carbons (Fsp3) is 0.214. The van der Waals surface area contributed by atoms with E-state index in [4.69, 9.17) is 0 Å². The summed E-state index contributed by atoms with van der Waals surface area (Å²) in [4.78, 5) is 21.1. The van der Waals surface area contributed by atoms with E-state index in [1.807, 2.05) is 0 Å². The molecule has 1 aliphatic heterocycles. The summed E-state index contributed by atoms with van der Waals surface area (Å²) in [5, 5.41) is 0. The number of halogens is 2. The number of benzene rings is 1. The number of amides is 1. The molecule has 7 nitrogen and oxygen atoms in total. The first-order chi connectivity index (χ1) is 11.4. The molecule has 10 heteroatoms. The molecule has 24 heavy (non-hydrogen) atoms. The molecule has 3 rings (SSSR count). The lowest BCUT2D eigenvalue weighted by Crippen LogP contribution is -2.52. The van der Waals surface area contributed by atoms with Gasteiger partial charge in [-0.25, -0.2) is 22.8 Å². The van der Waals surface area contributed by atoms with Crippen molar-refractivity contribution in [2.75, 3.05) is 24.5 Å². The average molecular weight is 415 g/mol. The van der Waals surface area contributed by atoms with Crippen LogP contribution in [0, 0.1) is 5.82 Å². The highest BCUT2D eigenvalue weighted by Crippen LogP contribution is 2.26. The summed E-state index contributed by atoms with van der Waals surface area (Å²) in [6, 6.07) is 6.41. The molecular formula is C14H12BrFN4O3S. The summed E-state index contributed by atoms with van der Waals surface area (Å²) in [7, 11) is -3.80. The molecule has 1 aromatic heterocycles. The fourth-order valence-electron chi connectivity index (χ4n) is 2.31. The first-order valence-electron chi connectivity index (χ1n) is 6.92. The number of aromatic nitrogens is 2. The van der Waals surface area contributed by atoms with Gasteiger partial charge < -0.3 is 0 Å². The van der Waals surface area contributed by atoms with Crippen LogP contribution in [0.4, 0.5) is 10.3 Å². The largest absolute Gasteiger partial charge is 0.278 e. The van der Waals surface area contributed by atoms with Gasteiger partial charge in [0.1, 0.15) is 0 Å². The average Bonchev–Trinajstić information content (AvgIpc) is 2.56. The van der Waals surface area contributed by atoms with Gasteiger partial charge in [0.05, 0.1) is 23.8 Å². The topological polar surface area (TPSA) is 83.5 Å². The van der Waals surface area contributed by atoms with Crippen LogP contribution in [0.2, 0.25) is 0 Å². The van der Waals surface area contributed by atoms with Crippen LogP contribution in [0.3, 0.4) is 0 Å². The van der Waals surface area contributed by atoms with Crippen LogP contribution in [-0.4, -0.2) is 48.2 Å². The molecule has 0 atom stereocenters. The monoisotopic (exact) mass is 414 g/mol. The molecule has 1 saturated heterocycles. The molecule has 2 aromatic rings. The minimum absolute atomic E-state index is 0.0549. The molecule has 0 radical (unpaired) electrons. The molecule has 1 fully saturated rings. The predicted molar refractivity (Wildman–Crippen MR) is 87.2 cm³/mol.